The van der Waals surface area contributed by atoms with E-state index in [0.717, 1.165) is 5.69 Å². The molecule has 0 atom stereocenters. The normalized spacial score (nSPS) is 15.5. The first-order chi connectivity index (χ1) is 11.0. The first-order valence-corrected chi connectivity index (χ1v) is 7.97. The van der Waals surface area contributed by atoms with Crippen molar-refractivity contribution < 1.29 is 9.59 Å². The molecule has 0 aliphatic carbocycles. The second kappa shape index (κ2) is 9.61. The molecule has 132 valence electrons. The second-order valence-corrected chi connectivity index (χ2v) is 5.96. The molecular formula is C17H25IN4O2. The van der Waals surface area contributed by atoms with Crippen LogP contribution in [0.2, 0.25) is 0 Å². The maximum absolute atomic E-state index is 11.7. The van der Waals surface area contributed by atoms with Crippen LogP contribution in [0.4, 0.5) is 5.69 Å². The lowest BCUT2D eigenvalue weighted by molar-refractivity contribution is -0.147. The lowest BCUT2D eigenvalue weighted by Crippen LogP contribution is -2.41. The maximum Gasteiger partial charge on any atom is 0.229 e. The molecule has 1 aromatic carbocycles. The van der Waals surface area contributed by atoms with Crippen molar-refractivity contribution in [2.24, 2.45) is 10.7 Å². The number of carbonyl (C=O) groups is 2. The molecule has 6 nitrogen and oxygen atoms in total. The fourth-order valence-corrected chi connectivity index (χ4v) is 2.48. The van der Waals surface area contributed by atoms with Gasteiger partial charge < -0.3 is 11.1 Å². The van der Waals surface area contributed by atoms with Gasteiger partial charge in [-0.1, -0.05) is 26.0 Å². The summed E-state index contributed by atoms with van der Waals surface area (Å²) in [7, 11) is 0. The number of anilines is 1. The molecule has 1 fully saturated rings. The van der Waals surface area contributed by atoms with Gasteiger partial charge in [0.1, 0.15) is 0 Å². The molecule has 24 heavy (non-hydrogen) atoms. The Morgan fingerprint density at radius 3 is 2.58 bits per heavy atom. The minimum absolute atomic E-state index is 0. The van der Waals surface area contributed by atoms with Crippen molar-refractivity contribution in [2.75, 3.05) is 18.4 Å². The summed E-state index contributed by atoms with van der Waals surface area (Å²) in [6.45, 7) is 4.85. The van der Waals surface area contributed by atoms with Gasteiger partial charge >= 0.3 is 0 Å². The molecular weight excluding hydrogens is 419 g/mol. The van der Waals surface area contributed by atoms with Gasteiger partial charge in [-0.15, -0.1) is 24.0 Å². The summed E-state index contributed by atoms with van der Waals surface area (Å²) in [5, 5.41) is 3.04. The smallest absolute Gasteiger partial charge is 0.229 e. The van der Waals surface area contributed by atoms with E-state index in [0.29, 0.717) is 31.7 Å². The Labute approximate surface area is 159 Å². The number of halogens is 1. The number of nitrogens with zero attached hydrogens (tertiary/aromatic N) is 2. The predicted octanol–water partition coefficient (Wildman–Crippen LogP) is 2.69. The highest BCUT2D eigenvalue weighted by Crippen LogP contribution is 2.18. The number of piperidine rings is 1. The fourth-order valence-electron chi connectivity index (χ4n) is 2.48. The molecule has 0 radical (unpaired) electrons. The third-order valence-corrected chi connectivity index (χ3v) is 3.81. The maximum atomic E-state index is 11.7. The van der Waals surface area contributed by atoms with Crippen molar-refractivity contribution >= 4 is 47.4 Å². The number of amides is 2. The summed E-state index contributed by atoms with van der Waals surface area (Å²) in [5.41, 5.74) is 7.96. The van der Waals surface area contributed by atoms with E-state index in [1.165, 1.54) is 10.5 Å². The number of likely N-dealkylation sites (tertiary alicyclic amines) is 1. The van der Waals surface area contributed by atoms with Crippen LogP contribution >= 0.6 is 24.0 Å². The van der Waals surface area contributed by atoms with Gasteiger partial charge in [0.2, 0.25) is 11.8 Å². The number of rotatable bonds is 5. The summed E-state index contributed by atoms with van der Waals surface area (Å²) < 4.78 is 0. The van der Waals surface area contributed by atoms with Gasteiger partial charge in [0.25, 0.3) is 0 Å². The molecule has 0 bridgehead atoms. The number of benzene rings is 1. The van der Waals surface area contributed by atoms with Crippen molar-refractivity contribution in [3.8, 4) is 0 Å². The topological polar surface area (TPSA) is 87.8 Å². The molecule has 1 aromatic rings. The van der Waals surface area contributed by atoms with E-state index in [1.807, 2.05) is 18.2 Å². The Bertz CT molecular complexity index is 600. The average Bonchev–Trinajstić information content (AvgIpc) is 2.50. The van der Waals surface area contributed by atoms with Crippen molar-refractivity contribution in [1.29, 1.82) is 0 Å². The Morgan fingerprint density at radius 2 is 1.96 bits per heavy atom. The third kappa shape index (κ3) is 5.77. The molecule has 1 saturated heterocycles. The number of hydrogen-bond acceptors (Lipinski definition) is 3. The van der Waals surface area contributed by atoms with Crippen molar-refractivity contribution in [3.63, 3.8) is 0 Å². The molecule has 0 aromatic heterocycles. The molecule has 1 aliphatic rings. The van der Waals surface area contributed by atoms with E-state index in [1.54, 1.807) is 0 Å². The van der Waals surface area contributed by atoms with Crippen molar-refractivity contribution in [1.82, 2.24) is 4.90 Å². The van der Waals surface area contributed by atoms with Crippen LogP contribution in [0, 0.1) is 0 Å². The number of hydrogen-bond donors (Lipinski definition) is 2. The molecule has 3 N–H and O–H groups in total. The van der Waals surface area contributed by atoms with Crippen LogP contribution in [0.3, 0.4) is 0 Å². The standard InChI is InChI=1S/C17H24N4O2.HI/c1-12(2)13-5-3-6-14(11-13)20-17(18)19-9-10-21-15(22)7-4-8-16(21)23;/h3,5-6,11-12H,4,7-10H2,1-2H3,(H3,18,19,20);1H. The quantitative estimate of drug-likeness (QED) is 0.317. The van der Waals surface area contributed by atoms with E-state index in [4.69, 9.17) is 5.73 Å². The van der Waals surface area contributed by atoms with Gasteiger partial charge in [0, 0.05) is 25.1 Å². The largest absolute Gasteiger partial charge is 0.370 e. The Hall–Kier alpha value is -1.64. The highest BCUT2D eigenvalue weighted by Gasteiger charge is 2.24. The van der Waals surface area contributed by atoms with Gasteiger partial charge in [0.05, 0.1) is 6.54 Å². The zero-order valence-corrected chi connectivity index (χ0v) is 16.4. The summed E-state index contributed by atoms with van der Waals surface area (Å²) in [4.78, 5) is 28.8. The summed E-state index contributed by atoms with van der Waals surface area (Å²) in [6, 6.07) is 7.99. The lowest BCUT2D eigenvalue weighted by atomic mass is 10.0. The van der Waals surface area contributed by atoms with Crippen molar-refractivity contribution in [2.45, 2.75) is 39.0 Å². The molecule has 0 saturated carbocycles. The van der Waals surface area contributed by atoms with Crippen LogP contribution < -0.4 is 11.1 Å². The first kappa shape index (κ1) is 20.4. The fraction of sp³-hybridized carbons (Fsp3) is 0.471. The van der Waals surface area contributed by atoms with Crippen LogP contribution in [0.1, 0.15) is 44.6 Å². The second-order valence-electron chi connectivity index (χ2n) is 5.96. The van der Waals surface area contributed by atoms with E-state index >= 15 is 0 Å². The molecule has 0 unspecified atom stereocenters. The summed E-state index contributed by atoms with van der Waals surface area (Å²) in [5.74, 6) is 0.481. The number of imide groups is 1. The van der Waals surface area contributed by atoms with E-state index < -0.39 is 0 Å². The zero-order chi connectivity index (χ0) is 16.8. The lowest BCUT2D eigenvalue weighted by Gasteiger charge is -2.24. The van der Waals surface area contributed by atoms with Crippen LogP contribution in [-0.4, -0.2) is 35.8 Å². The van der Waals surface area contributed by atoms with E-state index in [-0.39, 0.29) is 48.3 Å². The van der Waals surface area contributed by atoms with Gasteiger partial charge in [-0.2, -0.15) is 0 Å². The number of nitrogens with two attached hydrogens (primary N) is 1. The Kier molecular flexibility index (Phi) is 8.17. The van der Waals surface area contributed by atoms with Crippen LogP contribution in [0.5, 0.6) is 0 Å². The average molecular weight is 444 g/mol. The number of nitrogens with one attached hydrogen (secondary N) is 1. The molecule has 2 rings (SSSR count). The van der Waals surface area contributed by atoms with Crippen LogP contribution in [0.25, 0.3) is 0 Å². The summed E-state index contributed by atoms with van der Waals surface area (Å²) in [6.07, 6.45) is 1.52. The highest BCUT2D eigenvalue weighted by atomic mass is 127. The van der Waals surface area contributed by atoms with Crippen LogP contribution in [-0.2, 0) is 9.59 Å². The molecule has 1 aliphatic heterocycles. The molecule has 0 spiro atoms. The van der Waals surface area contributed by atoms with Crippen molar-refractivity contribution in [3.05, 3.63) is 29.8 Å². The summed E-state index contributed by atoms with van der Waals surface area (Å²) >= 11 is 0. The molecule has 2 amide bonds. The first-order valence-electron chi connectivity index (χ1n) is 7.97. The molecule has 7 heteroatoms. The minimum Gasteiger partial charge on any atom is -0.370 e. The predicted molar refractivity (Wildman–Crippen MR) is 107 cm³/mol. The number of aliphatic imine (C=N–C) groups is 1. The zero-order valence-electron chi connectivity index (χ0n) is 14.1. The van der Waals surface area contributed by atoms with Gasteiger partial charge in [-0.3, -0.25) is 19.5 Å². The number of guanidine groups is 1. The highest BCUT2D eigenvalue weighted by molar-refractivity contribution is 14.0. The van der Waals surface area contributed by atoms with Gasteiger partial charge in [-0.25, -0.2) is 0 Å². The Balaban J connectivity index is 0.00000288. The monoisotopic (exact) mass is 444 g/mol. The number of carbonyl (C=O) groups excluding carboxylic acids is 2. The van der Waals surface area contributed by atoms with E-state index in [9.17, 15) is 9.59 Å². The van der Waals surface area contributed by atoms with E-state index in [2.05, 4.69) is 30.2 Å². The SMILES string of the molecule is CC(C)c1cccc(NC(N)=NCCN2C(=O)CCCC2=O)c1.I. The van der Waals surface area contributed by atoms with Gasteiger partial charge in [-0.05, 0) is 30.0 Å². The minimum atomic E-state index is -0.118. The molecule has 1 heterocycles. The third-order valence-electron chi connectivity index (χ3n) is 3.81. The Morgan fingerprint density at radius 1 is 1.29 bits per heavy atom. The van der Waals surface area contributed by atoms with Crippen LogP contribution in [0.15, 0.2) is 29.3 Å². The van der Waals surface area contributed by atoms with Gasteiger partial charge in [0.15, 0.2) is 5.96 Å².